The quantitative estimate of drug-likeness (QED) is 0.751. The average molecular weight is 370 g/mol. The van der Waals surface area contributed by atoms with Crippen LogP contribution in [0.15, 0.2) is 66.9 Å². The standard InChI is InChI=1S/C20H23N5.ClH/c21-11-17-12-24(15-20(17)16-7-3-1-4-8-16)13-18-14-25(23-22-18)19-9-5-2-6-10-19;/h1-10,14,17,20H,11-13,15,21H2;1H/t17-,20+;/m1./s1. The van der Waals surface area contributed by atoms with Gasteiger partial charge in [0.15, 0.2) is 0 Å². The lowest BCUT2D eigenvalue weighted by Gasteiger charge is -2.16. The fraction of sp³-hybridized carbons (Fsp3) is 0.300. The van der Waals surface area contributed by atoms with Gasteiger partial charge in [0.1, 0.15) is 0 Å². The summed E-state index contributed by atoms with van der Waals surface area (Å²) in [6.07, 6.45) is 2.02. The van der Waals surface area contributed by atoms with Gasteiger partial charge in [-0.3, -0.25) is 4.90 Å². The van der Waals surface area contributed by atoms with E-state index >= 15 is 0 Å². The molecule has 4 rings (SSSR count). The SMILES string of the molecule is Cl.NC[C@@H]1CN(Cc2cn(-c3ccccc3)nn2)C[C@H]1c1ccccc1. The van der Waals surface area contributed by atoms with Gasteiger partial charge in [0.05, 0.1) is 17.6 Å². The molecule has 2 heterocycles. The first-order valence-electron chi connectivity index (χ1n) is 8.77. The van der Waals surface area contributed by atoms with Gasteiger partial charge in [-0.05, 0) is 30.2 Å². The predicted octanol–water partition coefficient (Wildman–Crippen LogP) is 2.86. The van der Waals surface area contributed by atoms with E-state index in [2.05, 4.69) is 45.5 Å². The summed E-state index contributed by atoms with van der Waals surface area (Å²) in [5.74, 6) is 0.988. The molecular weight excluding hydrogens is 346 g/mol. The van der Waals surface area contributed by atoms with Crippen molar-refractivity contribution in [2.75, 3.05) is 19.6 Å². The third kappa shape index (κ3) is 3.96. The minimum atomic E-state index is 0. The minimum Gasteiger partial charge on any atom is -0.330 e. The number of benzene rings is 2. The largest absolute Gasteiger partial charge is 0.330 e. The number of rotatable bonds is 5. The molecule has 2 aromatic carbocycles. The summed E-state index contributed by atoms with van der Waals surface area (Å²) in [4.78, 5) is 2.44. The van der Waals surface area contributed by atoms with E-state index in [1.54, 1.807) is 0 Å². The lowest BCUT2D eigenvalue weighted by atomic mass is 9.89. The maximum atomic E-state index is 6.04. The first-order chi connectivity index (χ1) is 12.3. The molecule has 2 N–H and O–H groups in total. The molecule has 1 aliphatic heterocycles. The second-order valence-corrected chi connectivity index (χ2v) is 6.70. The van der Waals surface area contributed by atoms with Crippen LogP contribution in [0.3, 0.4) is 0 Å². The molecular formula is C20H24ClN5. The number of aromatic nitrogens is 3. The van der Waals surface area contributed by atoms with Gasteiger partial charge in [-0.25, -0.2) is 4.68 Å². The summed E-state index contributed by atoms with van der Waals surface area (Å²) >= 11 is 0. The Balaban J connectivity index is 0.00000196. The van der Waals surface area contributed by atoms with E-state index in [4.69, 9.17) is 5.73 Å². The molecule has 0 unspecified atom stereocenters. The summed E-state index contributed by atoms with van der Waals surface area (Å²) in [5, 5.41) is 8.60. The number of nitrogens with two attached hydrogens (primary N) is 1. The van der Waals surface area contributed by atoms with Crippen LogP contribution in [0, 0.1) is 5.92 Å². The molecule has 0 spiro atoms. The van der Waals surface area contributed by atoms with Gasteiger partial charge < -0.3 is 5.73 Å². The molecule has 1 saturated heterocycles. The number of halogens is 1. The van der Waals surface area contributed by atoms with E-state index in [0.717, 1.165) is 31.0 Å². The molecule has 5 nitrogen and oxygen atoms in total. The fourth-order valence-electron chi connectivity index (χ4n) is 3.71. The van der Waals surface area contributed by atoms with Gasteiger partial charge in [-0.15, -0.1) is 17.5 Å². The van der Waals surface area contributed by atoms with Crippen LogP contribution in [0.5, 0.6) is 0 Å². The van der Waals surface area contributed by atoms with Crippen molar-refractivity contribution in [1.29, 1.82) is 0 Å². The van der Waals surface area contributed by atoms with Gasteiger partial charge >= 0.3 is 0 Å². The highest BCUT2D eigenvalue weighted by Crippen LogP contribution is 2.32. The Morgan fingerprint density at radius 2 is 1.65 bits per heavy atom. The van der Waals surface area contributed by atoms with E-state index in [1.165, 1.54) is 5.56 Å². The molecule has 1 aromatic heterocycles. The summed E-state index contributed by atoms with van der Waals surface area (Å²) in [6.45, 7) is 3.55. The molecule has 0 amide bonds. The predicted molar refractivity (Wildman–Crippen MR) is 106 cm³/mol. The third-order valence-corrected chi connectivity index (χ3v) is 4.99. The molecule has 3 aromatic rings. The summed E-state index contributed by atoms with van der Waals surface area (Å²) in [5.41, 5.74) is 9.45. The fourth-order valence-corrected chi connectivity index (χ4v) is 3.71. The van der Waals surface area contributed by atoms with Crippen molar-refractivity contribution < 1.29 is 0 Å². The molecule has 0 saturated carbocycles. The van der Waals surface area contributed by atoms with Crippen molar-refractivity contribution in [3.05, 3.63) is 78.1 Å². The Bertz CT molecular complexity index is 805. The third-order valence-electron chi connectivity index (χ3n) is 4.99. The summed E-state index contributed by atoms with van der Waals surface area (Å²) in [6, 6.07) is 20.8. The molecule has 0 radical (unpaired) electrons. The molecule has 0 aliphatic carbocycles. The van der Waals surface area contributed by atoms with Crippen LogP contribution >= 0.6 is 12.4 Å². The number of para-hydroxylation sites is 1. The van der Waals surface area contributed by atoms with Crippen molar-refractivity contribution in [1.82, 2.24) is 19.9 Å². The maximum absolute atomic E-state index is 6.04. The van der Waals surface area contributed by atoms with Crippen LogP contribution in [-0.4, -0.2) is 39.5 Å². The van der Waals surface area contributed by atoms with Gasteiger partial charge in [0.2, 0.25) is 0 Å². The van der Waals surface area contributed by atoms with E-state index in [1.807, 2.05) is 41.2 Å². The van der Waals surface area contributed by atoms with E-state index < -0.39 is 0 Å². The highest BCUT2D eigenvalue weighted by Gasteiger charge is 2.33. The highest BCUT2D eigenvalue weighted by atomic mass is 35.5. The molecule has 6 heteroatoms. The van der Waals surface area contributed by atoms with Gasteiger partial charge in [-0.2, -0.15) is 0 Å². The summed E-state index contributed by atoms with van der Waals surface area (Å²) in [7, 11) is 0. The van der Waals surface area contributed by atoms with Crippen LogP contribution in [0.4, 0.5) is 0 Å². The average Bonchev–Trinajstić information content (AvgIpc) is 3.30. The zero-order chi connectivity index (χ0) is 17.1. The van der Waals surface area contributed by atoms with E-state index in [9.17, 15) is 0 Å². The van der Waals surface area contributed by atoms with Crippen molar-refractivity contribution in [2.45, 2.75) is 12.5 Å². The lowest BCUT2D eigenvalue weighted by molar-refractivity contribution is 0.313. The Hall–Kier alpha value is -2.21. The Morgan fingerprint density at radius 1 is 0.962 bits per heavy atom. The first-order valence-corrected chi connectivity index (χ1v) is 8.77. The van der Waals surface area contributed by atoms with Crippen molar-refractivity contribution in [3.63, 3.8) is 0 Å². The molecule has 0 bridgehead atoms. The van der Waals surface area contributed by atoms with Crippen molar-refractivity contribution >= 4 is 12.4 Å². The van der Waals surface area contributed by atoms with Gasteiger partial charge in [0, 0.05) is 25.6 Å². The summed E-state index contributed by atoms with van der Waals surface area (Å²) < 4.78 is 1.83. The molecule has 2 atom stereocenters. The second-order valence-electron chi connectivity index (χ2n) is 6.70. The van der Waals surface area contributed by atoms with Crippen LogP contribution < -0.4 is 5.73 Å². The maximum Gasteiger partial charge on any atom is 0.0971 e. The van der Waals surface area contributed by atoms with Crippen LogP contribution in [-0.2, 0) is 6.54 Å². The van der Waals surface area contributed by atoms with Crippen molar-refractivity contribution in [2.24, 2.45) is 11.7 Å². The monoisotopic (exact) mass is 369 g/mol. The van der Waals surface area contributed by atoms with E-state index in [-0.39, 0.29) is 12.4 Å². The minimum absolute atomic E-state index is 0. The Morgan fingerprint density at radius 3 is 2.35 bits per heavy atom. The number of likely N-dealkylation sites (tertiary alicyclic amines) is 1. The van der Waals surface area contributed by atoms with Crippen LogP contribution in [0.1, 0.15) is 17.2 Å². The lowest BCUT2D eigenvalue weighted by Crippen LogP contribution is -2.23. The first kappa shape index (κ1) is 18.6. The Kier molecular flexibility index (Phi) is 6.04. The zero-order valence-corrected chi connectivity index (χ0v) is 15.4. The van der Waals surface area contributed by atoms with Crippen LogP contribution in [0.25, 0.3) is 5.69 Å². The number of hydrogen-bond donors (Lipinski definition) is 1. The second kappa shape index (κ2) is 8.45. The van der Waals surface area contributed by atoms with Crippen molar-refractivity contribution in [3.8, 4) is 5.69 Å². The normalized spacial score (nSPS) is 20.0. The molecule has 26 heavy (non-hydrogen) atoms. The Labute approximate surface area is 160 Å². The zero-order valence-electron chi connectivity index (χ0n) is 14.6. The topological polar surface area (TPSA) is 60.0 Å². The molecule has 1 aliphatic rings. The smallest absolute Gasteiger partial charge is 0.0971 e. The van der Waals surface area contributed by atoms with Crippen LogP contribution in [0.2, 0.25) is 0 Å². The van der Waals surface area contributed by atoms with Gasteiger partial charge in [0.25, 0.3) is 0 Å². The highest BCUT2D eigenvalue weighted by molar-refractivity contribution is 5.85. The number of hydrogen-bond acceptors (Lipinski definition) is 4. The van der Waals surface area contributed by atoms with Gasteiger partial charge in [-0.1, -0.05) is 53.7 Å². The number of nitrogens with zero attached hydrogens (tertiary/aromatic N) is 4. The van der Waals surface area contributed by atoms with E-state index in [0.29, 0.717) is 18.4 Å². The molecule has 1 fully saturated rings. The molecule has 136 valence electrons.